The summed E-state index contributed by atoms with van der Waals surface area (Å²) in [5.74, 6) is 0.294. The molecule has 1 fully saturated rings. The molecule has 1 amide bonds. The fourth-order valence-electron chi connectivity index (χ4n) is 3.69. The van der Waals surface area contributed by atoms with E-state index in [9.17, 15) is 4.79 Å². The van der Waals surface area contributed by atoms with Crippen molar-refractivity contribution in [2.75, 3.05) is 50.7 Å². The fraction of sp³-hybridized carbons (Fsp3) is 0.348. The quantitative estimate of drug-likeness (QED) is 0.567. The standard InChI is InChI=1S/C23H27N3O2S/c27-23(22-9-4-18-28-22)26(20-6-2-1-3-7-20)17-16-25-14-12-24(13-15-25)11-10-21-8-5-19-29-21/h1-9,18-19H,10-17H2. The smallest absolute Gasteiger partial charge is 0.293 e. The van der Waals surface area contributed by atoms with E-state index >= 15 is 0 Å². The third kappa shape index (κ3) is 5.35. The van der Waals surface area contributed by atoms with Gasteiger partial charge in [-0.2, -0.15) is 0 Å². The van der Waals surface area contributed by atoms with E-state index in [1.807, 2.05) is 46.6 Å². The van der Waals surface area contributed by atoms with Crippen molar-refractivity contribution in [2.24, 2.45) is 0 Å². The van der Waals surface area contributed by atoms with E-state index in [2.05, 4.69) is 27.3 Å². The first-order chi connectivity index (χ1) is 14.3. The van der Waals surface area contributed by atoms with Gasteiger partial charge in [0.05, 0.1) is 6.26 Å². The Morgan fingerprint density at radius 2 is 1.69 bits per heavy atom. The predicted molar refractivity (Wildman–Crippen MR) is 118 cm³/mol. The summed E-state index contributed by atoms with van der Waals surface area (Å²) in [7, 11) is 0. The highest BCUT2D eigenvalue weighted by molar-refractivity contribution is 7.09. The number of para-hydroxylation sites is 1. The molecule has 2 aromatic heterocycles. The molecule has 0 N–H and O–H groups in total. The van der Waals surface area contributed by atoms with Crippen LogP contribution in [0.5, 0.6) is 0 Å². The Labute approximate surface area is 176 Å². The SMILES string of the molecule is O=C(c1ccco1)N(CCN1CCN(CCc2cccs2)CC1)c1ccccc1. The first-order valence-electron chi connectivity index (χ1n) is 10.2. The van der Waals surface area contributed by atoms with Crippen molar-refractivity contribution in [1.29, 1.82) is 0 Å². The molecule has 1 aromatic carbocycles. The van der Waals surface area contributed by atoms with E-state index in [1.165, 1.54) is 4.88 Å². The lowest BCUT2D eigenvalue weighted by Gasteiger charge is -2.35. The van der Waals surface area contributed by atoms with Crippen LogP contribution in [0.4, 0.5) is 5.69 Å². The number of furan rings is 1. The molecule has 0 radical (unpaired) electrons. The molecule has 152 valence electrons. The third-order valence-electron chi connectivity index (χ3n) is 5.40. The third-order valence-corrected chi connectivity index (χ3v) is 6.34. The molecular weight excluding hydrogens is 382 g/mol. The van der Waals surface area contributed by atoms with Gasteiger partial charge >= 0.3 is 0 Å². The van der Waals surface area contributed by atoms with E-state index in [4.69, 9.17) is 4.42 Å². The molecule has 0 aliphatic carbocycles. The van der Waals surface area contributed by atoms with Crippen LogP contribution in [0.2, 0.25) is 0 Å². The maximum absolute atomic E-state index is 12.9. The second kappa shape index (κ2) is 9.87. The van der Waals surface area contributed by atoms with Crippen molar-refractivity contribution < 1.29 is 9.21 Å². The highest BCUT2D eigenvalue weighted by atomic mass is 32.1. The summed E-state index contributed by atoms with van der Waals surface area (Å²) in [6.45, 7) is 6.90. The normalized spacial score (nSPS) is 15.4. The van der Waals surface area contributed by atoms with Crippen LogP contribution in [-0.4, -0.2) is 61.5 Å². The first kappa shape index (κ1) is 19.9. The predicted octanol–water partition coefficient (Wildman–Crippen LogP) is 3.85. The van der Waals surface area contributed by atoms with Gasteiger partial charge < -0.3 is 14.2 Å². The number of hydrogen-bond acceptors (Lipinski definition) is 5. The lowest BCUT2D eigenvalue weighted by Crippen LogP contribution is -2.49. The van der Waals surface area contributed by atoms with Gasteiger partial charge in [0, 0.05) is 56.4 Å². The molecule has 1 aliphatic rings. The number of piperazine rings is 1. The molecule has 0 atom stereocenters. The van der Waals surface area contributed by atoms with Gasteiger partial charge in [-0.05, 0) is 42.1 Å². The van der Waals surface area contributed by atoms with Crippen LogP contribution in [0.25, 0.3) is 0 Å². The Bertz CT molecular complexity index is 857. The number of hydrogen-bond donors (Lipinski definition) is 0. The van der Waals surface area contributed by atoms with Crippen LogP contribution in [0.3, 0.4) is 0 Å². The number of amides is 1. The zero-order valence-corrected chi connectivity index (χ0v) is 17.4. The molecule has 3 heterocycles. The van der Waals surface area contributed by atoms with E-state index in [0.29, 0.717) is 12.3 Å². The van der Waals surface area contributed by atoms with Gasteiger partial charge in [-0.25, -0.2) is 0 Å². The van der Waals surface area contributed by atoms with Crippen molar-refractivity contribution >= 4 is 22.9 Å². The van der Waals surface area contributed by atoms with Gasteiger partial charge in [0.1, 0.15) is 0 Å². The van der Waals surface area contributed by atoms with Gasteiger partial charge in [-0.1, -0.05) is 24.3 Å². The van der Waals surface area contributed by atoms with Crippen molar-refractivity contribution in [3.8, 4) is 0 Å². The van der Waals surface area contributed by atoms with Crippen LogP contribution < -0.4 is 4.90 Å². The largest absolute Gasteiger partial charge is 0.459 e. The van der Waals surface area contributed by atoms with Crippen LogP contribution in [0, 0.1) is 0 Å². The van der Waals surface area contributed by atoms with E-state index in [-0.39, 0.29) is 5.91 Å². The van der Waals surface area contributed by atoms with E-state index in [1.54, 1.807) is 18.4 Å². The molecule has 0 unspecified atom stereocenters. The molecular formula is C23H27N3O2S. The Hall–Kier alpha value is -2.41. The zero-order valence-electron chi connectivity index (χ0n) is 16.6. The summed E-state index contributed by atoms with van der Waals surface area (Å²) >= 11 is 1.84. The van der Waals surface area contributed by atoms with Crippen molar-refractivity contribution in [3.63, 3.8) is 0 Å². The number of carbonyl (C=O) groups excluding carboxylic acids is 1. The molecule has 3 aromatic rings. The minimum Gasteiger partial charge on any atom is -0.459 e. The molecule has 0 bridgehead atoms. The van der Waals surface area contributed by atoms with Crippen LogP contribution in [-0.2, 0) is 6.42 Å². The molecule has 1 saturated heterocycles. The molecule has 0 saturated carbocycles. The van der Waals surface area contributed by atoms with Gasteiger partial charge in [0.25, 0.3) is 5.91 Å². The fourth-order valence-corrected chi connectivity index (χ4v) is 4.39. The van der Waals surface area contributed by atoms with E-state index in [0.717, 1.165) is 51.4 Å². The molecule has 0 spiro atoms. The summed E-state index contributed by atoms with van der Waals surface area (Å²) < 4.78 is 5.35. The van der Waals surface area contributed by atoms with Crippen molar-refractivity contribution in [3.05, 3.63) is 76.9 Å². The highest BCUT2D eigenvalue weighted by Crippen LogP contribution is 2.18. The summed E-state index contributed by atoms with van der Waals surface area (Å²) in [5.41, 5.74) is 0.906. The first-order valence-corrected chi connectivity index (χ1v) is 11.0. The number of anilines is 1. The Morgan fingerprint density at radius 1 is 0.931 bits per heavy atom. The van der Waals surface area contributed by atoms with Crippen LogP contribution in [0.1, 0.15) is 15.4 Å². The molecule has 4 rings (SSSR count). The zero-order chi connectivity index (χ0) is 19.9. The molecule has 6 heteroatoms. The maximum Gasteiger partial charge on any atom is 0.293 e. The number of rotatable bonds is 8. The van der Waals surface area contributed by atoms with Gasteiger partial charge in [-0.15, -0.1) is 11.3 Å². The van der Waals surface area contributed by atoms with Crippen molar-refractivity contribution in [1.82, 2.24) is 9.80 Å². The Morgan fingerprint density at radius 3 is 2.34 bits per heavy atom. The van der Waals surface area contributed by atoms with Gasteiger partial charge in [0.15, 0.2) is 5.76 Å². The lowest BCUT2D eigenvalue weighted by molar-refractivity contribution is 0.0949. The van der Waals surface area contributed by atoms with Crippen LogP contribution >= 0.6 is 11.3 Å². The number of carbonyl (C=O) groups is 1. The number of thiophene rings is 1. The monoisotopic (exact) mass is 409 g/mol. The maximum atomic E-state index is 12.9. The van der Waals surface area contributed by atoms with Gasteiger partial charge in [0.2, 0.25) is 0 Å². The second-order valence-corrected chi connectivity index (χ2v) is 8.31. The minimum absolute atomic E-state index is 0.0872. The molecule has 5 nitrogen and oxygen atoms in total. The average molecular weight is 410 g/mol. The highest BCUT2D eigenvalue weighted by Gasteiger charge is 2.22. The lowest BCUT2D eigenvalue weighted by atomic mass is 10.2. The topological polar surface area (TPSA) is 39.9 Å². The number of nitrogens with zero attached hydrogens (tertiary/aromatic N) is 3. The average Bonchev–Trinajstić information content (AvgIpc) is 3.48. The Kier molecular flexibility index (Phi) is 6.77. The van der Waals surface area contributed by atoms with E-state index < -0.39 is 0 Å². The van der Waals surface area contributed by atoms with Crippen LogP contribution in [0.15, 0.2) is 70.7 Å². The summed E-state index contributed by atoms with van der Waals surface area (Å²) in [6, 6.07) is 17.7. The van der Waals surface area contributed by atoms with Gasteiger partial charge in [-0.3, -0.25) is 9.69 Å². The Balaban J connectivity index is 1.29. The number of benzene rings is 1. The minimum atomic E-state index is -0.0872. The second-order valence-electron chi connectivity index (χ2n) is 7.28. The molecule has 29 heavy (non-hydrogen) atoms. The summed E-state index contributed by atoms with van der Waals surface area (Å²) in [5, 5.41) is 2.15. The summed E-state index contributed by atoms with van der Waals surface area (Å²) in [4.78, 5) is 21.2. The summed E-state index contributed by atoms with van der Waals surface area (Å²) in [6.07, 6.45) is 2.68. The molecule has 1 aliphatic heterocycles. The van der Waals surface area contributed by atoms with Crippen molar-refractivity contribution in [2.45, 2.75) is 6.42 Å².